The van der Waals surface area contributed by atoms with Gasteiger partial charge in [-0.25, -0.2) is 4.98 Å². The standard InChI is InChI=1S/C30H25N5OS.C2H6/c31-20-23-18-22(8-11-28(23)32)26-12-13-33-30-27(26)19-29(35(30)37-25-4-2-1-3-5-25)21-6-9-24(10-7-21)34-14-16-36-17-15-34;1-2/h1-13,18-19H,14-17,32H2;1-2H3. The van der Waals surface area contributed by atoms with Gasteiger partial charge in [0.15, 0.2) is 5.65 Å². The summed E-state index contributed by atoms with van der Waals surface area (Å²) in [6.07, 6.45) is 1.83. The molecule has 1 fully saturated rings. The van der Waals surface area contributed by atoms with E-state index in [9.17, 15) is 5.26 Å². The predicted octanol–water partition coefficient (Wildman–Crippen LogP) is 7.24. The molecule has 0 atom stereocenters. The van der Waals surface area contributed by atoms with Gasteiger partial charge in [-0.15, -0.1) is 0 Å². The Balaban J connectivity index is 0.00000151. The molecular formula is C32H31N5OS. The number of nitrogen functional groups attached to an aromatic ring is 1. The van der Waals surface area contributed by atoms with Gasteiger partial charge in [0.05, 0.1) is 24.5 Å². The van der Waals surface area contributed by atoms with Crippen molar-refractivity contribution in [3.05, 3.63) is 96.7 Å². The van der Waals surface area contributed by atoms with Crippen molar-refractivity contribution in [2.24, 2.45) is 0 Å². The summed E-state index contributed by atoms with van der Waals surface area (Å²) >= 11 is 1.65. The van der Waals surface area contributed by atoms with E-state index in [0.717, 1.165) is 64.6 Å². The zero-order chi connectivity index (χ0) is 27.2. The summed E-state index contributed by atoms with van der Waals surface area (Å²) < 4.78 is 7.70. The zero-order valence-electron chi connectivity index (χ0n) is 22.2. The molecule has 2 aromatic heterocycles. The predicted molar refractivity (Wildman–Crippen MR) is 162 cm³/mol. The van der Waals surface area contributed by atoms with Crippen molar-refractivity contribution in [1.29, 1.82) is 5.26 Å². The van der Waals surface area contributed by atoms with E-state index >= 15 is 0 Å². The number of ether oxygens (including phenoxy) is 1. The van der Waals surface area contributed by atoms with E-state index in [1.165, 1.54) is 5.69 Å². The number of hydrogen-bond donors (Lipinski definition) is 1. The number of benzene rings is 3. The van der Waals surface area contributed by atoms with E-state index in [1.54, 1.807) is 18.0 Å². The molecule has 1 aliphatic heterocycles. The molecule has 0 unspecified atom stereocenters. The molecule has 0 aliphatic carbocycles. The molecule has 0 radical (unpaired) electrons. The lowest BCUT2D eigenvalue weighted by atomic mass is 10.0. The van der Waals surface area contributed by atoms with E-state index in [4.69, 9.17) is 15.5 Å². The molecule has 3 aromatic carbocycles. The summed E-state index contributed by atoms with van der Waals surface area (Å²) in [5, 5.41) is 10.5. The summed E-state index contributed by atoms with van der Waals surface area (Å²) in [6, 6.07) is 31.0. The van der Waals surface area contributed by atoms with Crippen LogP contribution >= 0.6 is 11.9 Å². The van der Waals surface area contributed by atoms with Crippen molar-refractivity contribution in [2.45, 2.75) is 18.7 Å². The first-order valence-electron chi connectivity index (χ1n) is 13.2. The molecule has 0 saturated carbocycles. The quantitative estimate of drug-likeness (QED) is 0.240. The molecule has 3 heterocycles. The third-order valence-electron chi connectivity index (χ3n) is 6.63. The summed E-state index contributed by atoms with van der Waals surface area (Å²) in [6.45, 7) is 7.33. The second kappa shape index (κ2) is 12.1. The number of fused-ring (bicyclic) bond motifs is 1. The Kier molecular flexibility index (Phi) is 8.16. The highest BCUT2D eigenvalue weighted by molar-refractivity contribution is 7.98. The molecule has 0 spiro atoms. The van der Waals surface area contributed by atoms with Crippen LogP contribution in [0.1, 0.15) is 19.4 Å². The minimum absolute atomic E-state index is 0.472. The largest absolute Gasteiger partial charge is 0.398 e. The highest BCUT2D eigenvalue weighted by Gasteiger charge is 2.18. The molecule has 7 heteroatoms. The first-order valence-corrected chi connectivity index (χ1v) is 14.0. The Morgan fingerprint density at radius 2 is 1.62 bits per heavy atom. The summed E-state index contributed by atoms with van der Waals surface area (Å²) in [4.78, 5) is 8.27. The van der Waals surface area contributed by atoms with E-state index in [0.29, 0.717) is 11.3 Å². The van der Waals surface area contributed by atoms with E-state index in [1.807, 2.05) is 56.4 Å². The number of nitriles is 1. The lowest BCUT2D eigenvalue weighted by Crippen LogP contribution is -2.36. The fourth-order valence-electron chi connectivity index (χ4n) is 4.69. The van der Waals surface area contributed by atoms with Crippen molar-refractivity contribution in [2.75, 3.05) is 36.9 Å². The average molecular weight is 534 g/mol. The SMILES string of the molecule is CC.N#Cc1cc(-c2ccnc3c2cc(-c2ccc(N4CCOCC4)cc2)n3Sc2ccccc2)ccc1N. The molecule has 0 amide bonds. The van der Waals surface area contributed by atoms with Gasteiger partial charge >= 0.3 is 0 Å². The van der Waals surface area contributed by atoms with Gasteiger partial charge in [0, 0.05) is 40.9 Å². The van der Waals surface area contributed by atoms with Crippen LogP contribution in [0.2, 0.25) is 0 Å². The normalized spacial score (nSPS) is 13.0. The number of anilines is 2. The highest BCUT2D eigenvalue weighted by atomic mass is 32.2. The fraction of sp³-hybridized carbons (Fsp3) is 0.188. The molecule has 2 N–H and O–H groups in total. The third kappa shape index (κ3) is 5.49. The Morgan fingerprint density at radius 1 is 0.897 bits per heavy atom. The van der Waals surface area contributed by atoms with E-state index < -0.39 is 0 Å². The van der Waals surface area contributed by atoms with Crippen molar-refractivity contribution in [3.63, 3.8) is 0 Å². The van der Waals surface area contributed by atoms with Crippen LogP contribution in [0.5, 0.6) is 0 Å². The van der Waals surface area contributed by atoms with Crippen molar-refractivity contribution >= 4 is 34.4 Å². The van der Waals surface area contributed by atoms with Gasteiger partial charge in [-0.2, -0.15) is 5.26 Å². The summed E-state index contributed by atoms with van der Waals surface area (Å²) in [7, 11) is 0. The zero-order valence-corrected chi connectivity index (χ0v) is 23.0. The van der Waals surface area contributed by atoms with Crippen molar-refractivity contribution in [3.8, 4) is 28.5 Å². The molecule has 0 bridgehead atoms. The number of morpholine rings is 1. The van der Waals surface area contributed by atoms with Crippen LogP contribution in [0.15, 0.2) is 96.0 Å². The topological polar surface area (TPSA) is 80.1 Å². The third-order valence-corrected chi connectivity index (χ3v) is 7.66. The number of nitrogens with zero attached hydrogens (tertiary/aromatic N) is 4. The number of rotatable bonds is 5. The summed E-state index contributed by atoms with van der Waals surface area (Å²) in [5.41, 5.74) is 13.1. The van der Waals surface area contributed by atoms with Gasteiger partial charge in [-0.1, -0.05) is 50.2 Å². The Bertz CT molecular complexity index is 1600. The average Bonchev–Trinajstić information content (AvgIpc) is 3.38. The number of aromatic nitrogens is 2. The van der Waals surface area contributed by atoms with Crippen LogP contribution in [0.3, 0.4) is 0 Å². The lowest BCUT2D eigenvalue weighted by molar-refractivity contribution is 0.122. The number of pyridine rings is 1. The van der Waals surface area contributed by atoms with Crippen LogP contribution in [0, 0.1) is 11.3 Å². The molecule has 1 aliphatic rings. The maximum atomic E-state index is 9.52. The van der Waals surface area contributed by atoms with Crippen LogP contribution < -0.4 is 10.6 Å². The minimum Gasteiger partial charge on any atom is -0.398 e. The smallest absolute Gasteiger partial charge is 0.151 e. The second-order valence-electron chi connectivity index (χ2n) is 8.88. The maximum absolute atomic E-state index is 9.52. The maximum Gasteiger partial charge on any atom is 0.151 e. The molecule has 196 valence electrons. The molecule has 1 saturated heterocycles. The molecule has 39 heavy (non-hydrogen) atoms. The van der Waals surface area contributed by atoms with Crippen LogP contribution in [-0.4, -0.2) is 35.3 Å². The Labute approximate surface area is 233 Å². The summed E-state index contributed by atoms with van der Waals surface area (Å²) in [5.74, 6) is 0. The lowest BCUT2D eigenvalue weighted by Gasteiger charge is -2.28. The number of hydrogen-bond acceptors (Lipinski definition) is 6. The van der Waals surface area contributed by atoms with Gasteiger partial charge in [0.2, 0.25) is 0 Å². The van der Waals surface area contributed by atoms with Gasteiger partial charge in [0.25, 0.3) is 0 Å². The first kappa shape index (κ1) is 26.4. The van der Waals surface area contributed by atoms with Gasteiger partial charge < -0.3 is 15.4 Å². The molecule has 5 aromatic rings. The first-order chi connectivity index (χ1) is 19.2. The molecule has 6 rings (SSSR count). The van der Waals surface area contributed by atoms with Crippen LogP contribution in [-0.2, 0) is 4.74 Å². The highest BCUT2D eigenvalue weighted by Crippen LogP contribution is 2.39. The van der Waals surface area contributed by atoms with Crippen molar-refractivity contribution < 1.29 is 4.74 Å². The van der Waals surface area contributed by atoms with Crippen LogP contribution in [0.4, 0.5) is 11.4 Å². The van der Waals surface area contributed by atoms with E-state index in [-0.39, 0.29) is 0 Å². The second-order valence-corrected chi connectivity index (χ2v) is 9.90. The van der Waals surface area contributed by atoms with Crippen molar-refractivity contribution in [1.82, 2.24) is 8.96 Å². The van der Waals surface area contributed by atoms with Crippen LogP contribution in [0.25, 0.3) is 33.4 Å². The Morgan fingerprint density at radius 3 is 2.33 bits per heavy atom. The minimum atomic E-state index is 0.472. The van der Waals surface area contributed by atoms with Gasteiger partial charge in [-0.05, 0) is 77.2 Å². The van der Waals surface area contributed by atoms with Gasteiger partial charge in [-0.3, -0.25) is 3.97 Å². The Hall–Kier alpha value is -4.25. The van der Waals surface area contributed by atoms with Gasteiger partial charge in [0.1, 0.15) is 6.07 Å². The number of nitrogens with two attached hydrogens (primary N) is 1. The van der Waals surface area contributed by atoms with E-state index in [2.05, 4.69) is 57.4 Å². The fourth-order valence-corrected chi connectivity index (χ4v) is 5.67. The molecule has 6 nitrogen and oxygen atoms in total. The monoisotopic (exact) mass is 533 g/mol. The molecular weight excluding hydrogens is 502 g/mol.